The molecule has 1 aliphatic carbocycles. The molecule has 128 valence electrons. The largest absolute Gasteiger partial charge is 0.497 e. The third-order valence-corrected chi connectivity index (χ3v) is 5.90. The molecular weight excluding hydrogens is 336 g/mol. The van der Waals surface area contributed by atoms with E-state index in [2.05, 4.69) is 9.71 Å². The van der Waals surface area contributed by atoms with E-state index in [1.165, 1.54) is 11.8 Å². The fraction of sp³-hybridized carbons (Fsp3) is 0.211. The zero-order chi connectivity index (χ0) is 17.4. The number of aromatic nitrogens is 1. The zero-order valence-corrected chi connectivity index (χ0v) is 14.6. The van der Waals surface area contributed by atoms with Crippen LogP contribution in [0.2, 0.25) is 0 Å². The Bertz CT molecular complexity index is 1060. The molecule has 0 atom stereocenters. The van der Waals surface area contributed by atoms with Crippen LogP contribution in [0.4, 0.5) is 5.69 Å². The Morgan fingerprint density at radius 1 is 1.04 bits per heavy atom. The number of fused-ring (bicyclic) bond motifs is 2. The molecule has 3 aromatic rings. The molecule has 1 aliphatic rings. The first-order valence-electron chi connectivity index (χ1n) is 8.13. The highest BCUT2D eigenvalue weighted by Crippen LogP contribution is 2.27. The third-order valence-electron chi connectivity index (χ3n) is 4.52. The first-order valence-corrected chi connectivity index (χ1v) is 9.62. The third kappa shape index (κ3) is 3.05. The minimum absolute atomic E-state index is 0.294. The van der Waals surface area contributed by atoms with E-state index in [4.69, 9.17) is 4.74 Å². The number of benzene rings is 2. The second-order valence-electron chi connectivity index (χ2n) is 6.17. The average molecular weight is 354 g/mol. The van der Waals surface area contributed by atoms with E-state index < -0.39 is 10.0 Å². The minimum Gasteiger partial charge on any atom is -0.497 e. The van der Waals surface area contributed by atoms with Gasteiger partial charge in [0, 0.05) is 11.5 Å². The molecule has 0 radical (unpaired) electrons. The molecule has 0 aliphatic heterocycles. The second kappa shape index (κ2) is 6.04. The van der Waals surface area contributed by atoms with Gasteiger partial charge in [-0.15, -0.1) is 0 Å². The topological polar surface area (TPSA) is 68.3 Å². The van der Waals surface area contributed by atoms with Crippen LogP contribution in [-0.4, -0.2) is 20.5 Å². The normalized spacial score (nSPS) is 13.6. The van der Waals surface area contributed by atoms with Crippen molar-refractivity contribution in [2.45, 2.75) is 24.2 Å². The van der Waals surface area contributed by atoms with Gasteiger partial charge in [-0.2, -0.15) is 0 Å². The number of hydrogen-bond donors (Lipinski definition) is 1. The van der Waals surface area contributed by atoms with Gasteiger partial charge in [0.1, 0.15) is 5.75 Å². The Balaban J connectivity index is 1.65. The van der Waals surface area contributed by atoms with Crippen molar-refractivity contribution in [2.75, 3.05) is 11.8 Å². The number of nitrogens with one attached hydrogen (secondary N) is 1. The number of ether oxygens (including phenoxy) is 1. The van der Waals surface area contributed by atoms with Crippen LogP contribution in [0.1, 0.15) is 17.5 Å². The quantitative estimate of drug-likeness (QED) is 0.778. The van der Waals surface area contributed by atoms with E-state index in [0.29, 0.717) is 16.3 Å². The number of methoxy groups -OCH3 is 1. The molecule has 1 aromatic heterocycles. The molecule has 25 heavy (non-hydrogen) atoms. The lowest BCUT2D eigenvalue weighted by molar-refractivity contribution is 0.415. The Hall–Kier alpha value is -2.60. The molecule has 0 unspecified atom stereocenters. The predicted molar refractivity (Wildman–Crippen MR) is 97.6 cm³/mol. The van der Waals surface area contributed by atoms with E-state index in [-0.39, 0.29) is 0 Å². The van der Waals surface area contributed by atoms with Crippen LogP contribution < -0.4 is 9.46 Å². The molecule has 5 nitrogen and oxygen atoms in total. The maximum Gasteiger partial charge on any atom is 0.261 e. The molecule has 4 rings (SSSR count). The number of pyridine rings is 1. The van der Waals surface area contributed by atoms with E-state index in [1.54, 1.807) is 25.3 Å². The van der Waals surface area contributed by atoms with Crippen molar-refractivity contribution in [1.82, 2.24) is 4.98 Å². The summed E-state index contributed by atoms with van der Waals surface area (Å²) in [6.45, 7) is 0. The van der Waals surface area contributed by atoms with Crippen molar-refractivity contribution in [3.05, 3.63) is 59.8 Å². The van der Waals surface area contributed by atoms with E-state index in [1.807, 2.05) is 24.3 Å². The van der Waals surface area contributed by atoms with Gasteiger partial charge in [0.2, 0.25) is 0 Å². The molecule has 0 fully saturated rings. The summed E-state index contributed by atoms with van der Waals surface area (Å²) in [5.74, 6) is 0.714. The monoisotopic (exact) mass is 354 g/mol. The average Bonchev–Trinajstić information content (AvgIpc) is 3.08. The summed E-state index contributed by atoms with van der Waals surface area (Å²) < 4.78 is 33.2. The summed E-state index contributed by atoms with van der Waals surface area (Å²) in [4.78, 5) is 4.61. The number of sulfonamides is 1. The molecule has 0 bridgehead atoms. The van der Waals surface area contributed by atoms with Crippen LogP contribution in [0.15, 0.2) is 53.6 Å². The molecule has 2 aromatic carbocycles. The summed E-state index contributed by atoms with van der Waals surface area (Å²) >= 11 is 0. The molecule has 0 amide bonds. The van der Waals surface area contributed by atoms with Gasteiger partial charge in [-0.1, -0.05) is 6.07 Å². The van der Waals surface area contributed by atoms with Crippen molar-refractivity contribution >= 4 is 26.6 Å². The lowest BCUT2D eigenvalue weighted by Gasteiger charge is -2.10. The van der Waals surface area contributed by atoms with Crippen molar-refractivity contribution < 1.29 is 13.2 Å². The summed E-state index contributed by atoms with van der Waals surface area (Å²) in [6.07, 6.45) is 4.58. The van der Waals surface area contributed by atoms with Crippen molar-refractivity contribution in [3.8, 4) is 5.75 Å². The lowest BCUT2D eigenvalue weighted by atomic mass is 10.1. The van der Waals surface area contributed by atoms with Crippen molar-refractivity contribution in [3.63, 3.8) is 0 Å². The SMILES string of the molecule is COc1ccc2cc(NS(=O)(=O)c3ccc4c(c3)CCC4)cnc2c1. The van der Waals surface area contributed by atoms with Gasteiger partial charge in [0.05, 0.1) is 29.4 Å². The predicted octanol–water partition coefficient (Wildman–Crippen LogP) is 3.53. The maximum atomic E-state index is 12.7. The maximum absolute atomic E-state index is 12.7. The van der Waals surface area contributed by atoms with Crippen molar-refractivity contribution in [2.24, 2.45) is 0 Å². The highest BCUT2D eigenvalue weighted by atomic mass is 32.2. The van der Waals surface area contributed by atoms with Crippen LogP contribution in [0.25, 0.3) is 10.9 Å². The van der Waals surface area contributed by atoms with Gasteiger partial charge in [-0.05, 0) is 60.7 Å². The molecular formula is C19H18N2O3S. The number of hydrogen-bond acceptors (Lipinski definition) is 4. The van der Waals surface area contributed by atoms with Gasteiger partial charge in [-0.3, -0.25) is 9.71 Å². The van der Waals surface area contributed by atoms with Gasteiger partial charge in [0.25, 0.3) is 10.0 Å². The summed E-state index contributed by atoms with van der Waals surface area (Å²) in [5.41, 5.74) is 3.57. The second-order valence-corrected chi connectivity index (χ2v) is 7.85. The summed E-state index contributed by atoms with van der Waals surface area (Å²) in [7, 11) is -2.03. The number of rotatable bonds is 4. The van der Waals surface area contributed by atoms with Crippen LogP contribution in [0.3, 0.4) is 0 Å². The summed E-state index contributed by atoms with van der Waals surface area (Å²) in [6, 6.07) is 12.6. The number of anilines is 1. The number of nitrogens with zero attached hydrogens (tertiary/aromatic N) is 1. The Morgan fingerprint density at radius 3 is 2.72 bits per heavy atom. The van der Waals surface area contributed by atoms with E-state index in [9.17, 15) is 8.42 Å². The highest BCUT2D eigenvalue weighted by molar-refractivity contribution is 7.92. The smallest absolute Gasteiger partial charge is 0.261 e. The fourth-order valence-corrected chi connectivity index (χ4v) is 4.30. The van der Waals surface area contributed by atoms with Gasteiger partial charge in [-0.25, -0.2) is 8.42 Å². The Kier molecular flexibility index (Phi) is 3.84. The fourth-order valence-electron chi connectivity index (χ4n) is 3.21. The molecule has 6 heteroatoms. The van der Waals surface area contributed by atoms with Crippen LogP contribution in [0, 0.1) is 0 Å². The van der Waals surface area contributed by atoms with E-state index >= 15 is 0 Å². The molecule has 1 heterocycles. The first kappa shape index (κ1) is 15.9. The lowest BCUT2D eigenvalue weighted by Crippen LogP contribution is -2.13. The van der Waals surface area contributed by atoms with Crippen LogP contribution in [-0.2, 0) is 22.9 Å². The van der Waals surface area contributed by atoms with Gasteiger partial charge in [0.15, 0.2) is 0 Å². The van der Waals surface area contributed by atoms with Crippen LogP contribution >= 0.6 is 0 Å². The molecule has 0 saturated carbocycles. The standard InChI is InChI=1S/C19H18N2O3S/c1-24-17-7-5-15-9-16(12-20-19(15)11-17)21-25(22,23)18-8-6-13-3-2-4-14(13)10-18/h5-12,21H,2-4H2,1H3. The number of aryl methyl sites for hydroxylation is 2. The minimum atomic E-state index is -3.63. The Labute approximate surface area is 146 Å². The molecule has 1 N–H and O–H groups in total. The van der Waals surface area contributed by atoms with Gasteiger partial charge < -0.3 is 4.74 Å². The first-order chi connectivity index (χ1) is 12.0. The van der Waals surface area contributed by atoms with Crippen LogP contribution in [0.5, 0.6) is 5.75 Å². The molecule has 0 spiro atoms. The van der Waals surface area contributed by atoms with Gasteiger partial charge >= 0.3 is 0 Å². The molecule has 0 saturated heterocycles. The summed E-state index contributed by atoms with van der Waals surface area (Å²) in [5, 5.41) is 0.843. The highest BCUT2D eigenvalue weighted by Gasteiger charge is 2.18. The van der Waals surface area contributed by atoms with E-state index in [0.717, 1.165) is 35.7 Å². The van der Waals surface area contributed by atoms with Crippen molar-refractivity contribution in [1.29, 1.82) is 0 Å². The Morgan fingerprint density at radius 2 is 1.88 bits per heavy atom. The zero-order valence-electron chi connectivity index (χ0n) is 13.8.